The Balaban J connectivity index is 1.50. The molecular weight excluding hydrogens is 314 g/mol. The van der Waals surface area contributed by atoms with Crippen molar-refractivity contribution in [2.45, 2.75) is 26.2 Å². The van der Waals surface area contributed by atoms with Gasteiger partial charge < -0.3 is 9.80 Å². The van der Waals surface area contributed by atoms with E-state index in [-0.39, 0.29) is 11.8 Å². The largest absolute Gasteiger partial charge is 0.342 e. The Morgan fingerprint density at radius 2 is 1.74 bits per heavy atom. The minimum atomic E-state index is 0.0300. The lowest BCUT2D eigenvalue weighted by Crippen LogP contribution is -2.51. The summed E-state index contributed by atoms with van der Waals surface area (Å²) in [5.41, 5.74) is 0.784. The first kappa shape index (κ1) is 16.3. The molecule has 7 nitrogen and oxygen atoms in total. The van der Waals surface area contributed by atoms with Crippen LogP contribution in [0.1, 0.15) is 35.1 Å². The molecule has 2 amide bonds. The van der Waals surface area contributed by atoms with Gasteiger partial charge in [0.1, 0.15) is 4.88 Å². The molecule has 23 heavy (non-hydrogen) atoms. The Kier molecular flexibility index (Phi) is 5.22. The van der Waals surface area contributed by atoms with Crippen LogP contribution < -0.4 is 0 Å². The van der Waals surface area contributed by atoms with Gasteiger partial charge in [-0.25, -0.2) is 0 Å². The van der Waals surface area contributed by atoms with Crippen molar-refractivity contribution >= 4 is 23.3 Å². The molecule has 2 aliphatic heterocycles. The Labute approximate surface area is 140 Å². The molecule has 0 radical (unpaired) electrons. The van der Waals surface area contributed by atoms with Crippen molar-refractivity contribution in [1.29, 1.82) is 0 Å². The fourth-order valence-electron chi connectivity index (χ4n) is 3.11. The number of aryl methyl sites for hydroxylation is 1. The van der Waals surface area contributed by atoms with Gasteiger partial charge in [0.2, 0.25) is 5.91 Å². The second-order valence-corrected chi connectivity index (χ2v) is 6.81. The summed E-state index contributed by atoms with van der Waals surface area (Å²) in [7, 11) is 0. The zero-order valence-corrected chi connectivity index (χ0v) is 14.3. The summed E-state index contributed by atoms with van der Waals surface area (Å²) in [5, 5.41) is 4.01. The second kappa shape index (κ2) is 7.35. The number of hydrogen-bond acceptors (Lipinski definition) is 6. The molecule has 126 valence electrons. The fourth-order valence-corrected chi connectivity index (χ4v) is 3.83. The lowest BCUT2D eigenvalue weighted by Gasteiger charge is -2.34. The standard InChI is InChI=1S/C15H23N5O2S/c1-2-12-14(23-17-16-12)15(22)20-9-7-18(8-10-20)11-13(21)19-5-3-4-6-19/h2-11H2,1H3. The molecule has 0 unspecified atom stereocenters. The first-order chi connectivity index (χ1) is 11.2. The lowest BCUT2D eigenvalue weighted by molar-refractivity contribution is -0.131. The van der Waals surface area contributed by atoms with Crippen molar-refractivity contribution in [3.05, 3.63) is 10.6 Å². The van der Waals surface area contributed by atoms with Crippen LogP contribution in [0.4, 0.5) is 0 Å². The van der Waals surface area contributed by atoms with Gasteiger partial charge in [-0.2, -0.15) is 0 Å². The molecule has 2 aliphatic rings. The molecule has 0 spiro atoms. The van der Waals surface area contributed by atoms with E-state index in [9.17, 15) is 9.59 Å². The van der Waals surface area contributed by atoms with Gasteiger partial charge in [0, 0.05) is 39.3 Å². The van der Waals surface area contributed by atoms with E-state index in [0.717, 1.165) is 51.1 Å². The normalized spacial score (nSPS) is 19.3. The van der Waals surface area contributed by atoms with Gasteiger partial charge >= 0.3 is 0 Å². The SMILES string of the molecule is CCc1nnsc1C(=O)N1CCN(CC(=O)N2CCCC2)CC1. The van der Waals surface area contributed by atoms with E-state index in [1.54, 1.807) is 0 Å². The van der Waals surface area contributed by atoms with Crippen LogP contribution in [0, 0.1) is 0 Å². The van der Waals surface area contributed by atoms with Gasteiger partial charge in [-0.1, -0.05) is 11.4 Å². The van der Waals surface area contributed by atoms with Crippen LogP contribution in [0.15, 0.2) is 0 Å². The number of likely N-dealkylation sites (tertiary alicyclic amines) is 1. The summed E-state index contributed by atoms with van der Waals surface area (Å²) in [5.74, 6) is 0.254. The zero-order chi connectivity index (χ0) is 16.2. The van der Waals surface area contributed by atoms with E-state index < -0.39 is 0 Å². The van der Waals surface area contributed by atoms with E-state index >= 15 is 0 Å². The first-order valence-corrected chi connectivity index (χ1v) is 9.07. The Bertz CT molecular complexity index is 562. The van der Waals surface area contributed by atoms with Crippen molar-refractivity contribution in [3.8, 4) is 0 Å². The topological polar surface area (TPSA) is 69.6 Å². The summed E-state index contributed by atoms with van der Waals surface area (Å²) in [6.45, 7) is 7.07. The van der Waals surface area contributed by atoms with E-state index in [0.29, 0.717) is 24.5 Å². The maximum absolute atomic E-state index is 12.5. The fraction of sp³-hybridized carbons (Fsp3) is 0.733. The summed E-state index contributed by atoms with van der Waals surface area (Å²) in [6.07, 6.45) is 2.97. The van der Waals surface area contributed by atoms with Crippen molar-refractivity contribution in [2.75, 3.05) is 45.8 Å². The molecule has 0 aliphatic carbocycles. The van der Waals surface area contributed by atoms with Crippen molar-refractivity contribution in [3.63, 3.8) is 0 Å². The van der Waals surface area contributed by atoms with Gasteiger partial charge in [-0.3, -0.25) is 14.5 Å². The molecule has 3 heterocycles. The monoisotopic (exact) mass is 337 g/mol. The van der Waals surface area contributed by atoms with Crippen LogP contribution >= 0.6 is 11.5 Å². The number of rotatable bonds is 4. The molecular formula is C15H23N5O2S. The van der Waals surface area contributed by atoms with Gasteiger partial charge in [0.05, 0.1) is 12.2 Å². The molecule has 0 aromatic carbocycles. The molecule has 0 N–H and O–H groups in total. The third-order valence-electron chi connectivity index (χ3n) is 4.56. The number of hydrogen-bond donors (Lipinski definition) is 0. The quantitative estimate of drug-likeness (QED) is 0.799. The minimum Gasteiger partial charge on any atom is -0.342 e. The highest BCUT2D eigenvalue weighted by molar-refractivity contribution is 7.08. The predicted molar refractivity (Wildman–Crippen MR) is 87.4 cm³/mol. The van der Waals surface area contributed by atoms with Crippen LogP contribution in [0.5, 0.6) is 0 Å². The van der Waals surface area contributed by atoms with E-state index in [1.807, 2.05) is 16.7 Å². The van der Waals surface area contributed by atoms with Crippen LogP contribution in [0.2, 0.25) is 0 Å². The highest BCUT2D eigenvalue weighted by Gasteiger charge is 2.27. The number of amides is 2. The summed E-state index contributed by atoms with van der Waals surface area (Å²) < 4.78 is 3.89. The highest BCUT2D eigenvalue weighted by atomic mass is 32.1. The van der Waals surface area contributed by atoms with Crippen LogP contribution in [-0.2, 0) is 11.2 Å². The summed E-state index contributed by atoms with van der Waals surface area (Å²) in [4.78, 5) is 31.3. The Hall–Kier alpha value is -1.54. The van der Waals surface area contributed by atoms with Crippen LogP contribution in [-0.4, -0.2) is 81.9 Å². The molecule has 0 saturated carbocycles. The number of nitrogens with zero attached hydrogens (tertiary/aromatic N) is 5. The van der Waals surface area contributed by atoms with Gasteiger partial charge in [0.25, 0.3) is 5.91 Å². The average molecular weight is 337 g/mol. The van der Waals surface area contributed by atoms with Gasteiger partial charge in [-0.05, 0) is 30.8 Å². The molecule has 1 aromatic rings. The summed E-state index contributed by atoms with van der Waals surface area (Å²) in [6, 6.07) is 0. The van der Waals surface area contributed by atoms with Crippen LogP contribution in [0.25, 0.3) is 0 Å². The first-order valence-electron chi connectivity index (χ1n) is 8.29. The van der Waals surface area contributed by atoms with Crippen molar-refractivity contribution in [1.82, 2.24) is 24.3 Å². The lowest BCUT2D eigenvalue weighted by atomic mass is 10.2. The molecule has 0 atom stereocenters. The third kappa shape index (κ3) is 3.69. The van der Waals surface area contributed by atoms with E-state index in [4.69, 9.17) is 0 Å². The van der Waals surface area contributed by atoms with Crippen molar-refractivity contribution in [2.24, 2.45) is 0 Å². The number of carbonyl (C=O) groups excluding carboxylic acids is 2. The van der Waals surface area contributed by atoms with E-state index in [2.05, 4.69) is 14.5 Å². The highest BCUT2D eigenvalue weighted by Crippen LogP contribution is 2.16. The molecule has 8 heteroatoms. The Morgan fingerprint density at radius 1 is 1.04 bits per heavy atom. The number of aromatic nitrogens is 2. The average Bonchev–Trinajstić information content (AvgIpc) is 3.26. The number of carbonyl (C=O) groups is 2. The van der Waals surface area contributed by atoms with Crippen molar-refractivity contribution < 1.29 is 9.59 Å². The smallest absolute Gasteiger partial charge is 0.267 e. The van der Waals surface area contributed by atoms with Gasteiger partial charge in [-0.15, -0.1) is 5.10 Å². The van der Waals surface area contributed by atoms with Gasteiger partial charge in [0.15, 0.2) is 0 Å². The maximum Gasteiger partial charge on any atom is 0.267 e. The van der Waals surface area contributed by atoms with E-state index in [1.165, 1.54) is 11.5 Å². The van der Waals surface area contributed by atoms with Crippen LogP contribution in [0.3, 0.4) is 0 Å². The Morgan fingerprint density at radius 3 is 2.39 bits per heavy atom. The third-order valence-corrected chi connectivity index (χ3v) is 5.32. The minimum absolute atomic E-state index is 0.0300. The molecule has 2 saturated heterocycles. The predicted octanol–water partition coefficient (Wildman–Crippen LogP) is 0.481. The second-order valence-electron chi connectivity index (χ2n) is 6.06. The summed E-state index contributed by atoms with van der Waals surface area (Å²) >= 11 is 1.18. The zero-order valence-electron chi connectivity index (χ0n) is 13.5. The molecule has 2 fully saturated rings. The molecule has 3 rings (SSSR count). The molecule has 0 bridgehead atoms. The maximum atomic E-state index is 12.5. The molecule has 1 aromatic heterocycles. The number of piperazine rings is 1.